The Balaban J connectivity index is 1.43. The second kappa shape index (κ2) is 7.63. The van der Waals surface area contributed by atoms with Crippen LogP contribution in [-0.2, 0) is 14.9 Å². The molecule has 4 heteroatoms. The zero-order valence-corrected chi connectivity index (χ0v) is 18.5. The van der Waals surface area contributed by atoms with Gasteiger partial charge in [0.2, 0.25) is 5.91 Å². The van der Waals surface area contributed by atoms with Crippen LogP contribution in [0.4, 0.5) is 0 Å². The lowest BCUT2D eigenvalue weighted by Crippen LogP contribution is -2.52. The predicted molar refractivity (Wildman–Crippen MR) is 119 cm³/mol. The van der Waals surface area contributed by atoms with Crippen LogP contribution in [0.25, 0.3) is 0 Å². The SMILES string of the molecule is CCOC[C@]12CC3CC1(C(=O)N[C@H]1CC[C@@H](CN)CC1)C[C@@](c1ccccc1)(C3)C2. The Bertz CT molecular complexity index is 774. The van der Waals surface area contributed by atoms with E-state index >= 15 is 0 Å². The van der Waals surface area contributed by atoms with Crippen LogP contribution in [0.3, 0.4) is 0 Å². The first-order valence-corrected chi connectivity index (χ1v) is 12.2. The molecule has 4 atom stereocenters. The molecule has 5 aliphatic rings. The third-order valence-corrected chi connectivity index (χ3v) is 9.25. The van der Waals surface area contributed by atoms with Gasteiger partial charge < -0.3 is 15.8 Å². The van der Waals surface area contributed by atoms with Crippen molar-refractivity contribution in [2.24, 2.45) is 28.4 Å². The van der Waals surface area contributed by atoms with E-state index in [-0.39, 0.29) is 16.2 Å². The smallest absolute Gasteiger partial charge is 0.227 e. The third kappa shape index (κ3) is 3.05. The van der Waals surface area contributed by atoms with Crippen LogP contribution < -0.4 is 11.1 Å². The summed E-state index contributed by atoms with van der Waals surface area (Å²) in [6, 6.07) is 11.3. The van der Waals surface area contributed by atoms with Crippen molar-refractivity contribution in [3.05, 3.63) is 35.9 Å². The number of amides is 1. The van der Waals surface area contributed by atoms with E-state index in [0.717, 1.165) is 71.1 Å². The molecule has 1 amide bonds. The molecule has 30 heavy (non-hydrogen) atoms. The summed E-state index contributed by atoms with van der Waals surface area (Å²) in [5.41, 5.74) is 7.20. The fraction of sp³-hybridized carbons (Fsp3) is 0.731. The molecular weight excluding hydrogens is 372 g/mol. The van der Waals surface area contributed by atoms with Gasteiger partial charge in [0.05, 0.1) is 12.0 Å². The van der Waals surface area contributed by atoms with Crippen LogP contribution in [0, 0.1) is 22.7 Å². The molecule has 0 spiro atoms. The summed E-state index contributed by atoms with van der Waals surface area (Å²) in [4.78, 5) is 14.0. The summed E-state index contributed by atoms with van der Waals surface area (Å²) >= 11 is 0. The molecule has 6 rings (SSSR count). The lowest BCUT2D eigenvalue weighted by molar-refractivity contribution is -0.140. The van der Waals surface area contributed by atoms with Crippen LogP contribution >= 0.6 is 0 Å². The summed E-state index contributed by atoms with van der Waals surface area (Å²) in [6.45, 7) is 4.32. The van der Waals surface area contributed by atoms with Gasteiger partial charge in [0.25, 0.3) is 0 Å². The number of hydrogen-bond acceptors (Lipinski definition) is 3. The maximum atomic E-state index is 14.0. The first kappa shape index (κ1) is 20.5. The van der Waals surface area contributed by atoms with Gasteiger partial charge in [0, 0.05) is 18.1 Å². The molecule has 0 aliphatic heterocycles. The van der Waals surface area contributed by atoms with E-state index in [1.807, 2.05) is 0 Å². The summed E-state index contributed by atoms with van der Waals surface area (Å²) < 4.78 is 6.07. The Morgan fingerprint density at radius 3 is 2.57 bits per heavy atom. The number of rotatable bonds is 7. The average Bonchev–Trinajstić information content (AvgIpc) is 3.12. The first-order chi connectivity index (χ1) is 14.5. The number of nitrogens with two attached hydrogens (primary N) is 1. The van der Waals surface area contributed by atoms with Gasteiger partial charge in [-0.1, -0.05) is 30.3 Å². The minimum Gasteiger partial charge on any atom is -0.381 e. The number of nitrogens with one attached hydrogen (secondary N) is 1. The van der Waals surface area contributed by atoms with Gasteiger partial charge in [0.1, 0.15) is 0 Å². The zero-order chi connectivity index (χ0) is 20.8. The van der Waals surface area contributed by atoms with Gasteiger partial charge in [-0.15, -0.1) is 0 Å². The predicted octanol–water partition coefficient (Wildman–Crippen LogP) is 4.17. The van der Waals surface area contributed by atoms with Gasteiger partial charge in [-0.2, -0.15) is 0 Å². The van der Waals surface area contributed by atoms with Crippen molar-refractivity contribution in [1.82, 2.24) is 5.32 Å². The Labute approximate surface area is 181 Å². The molecule has 5 saturated carbocycles. The molecule has 3 N–H and O–H groups in total. The second-order valence-corrected chi connectivity index (χ2v) is 10.9. The standard InChI is InChI=1S/C26H38N2O2/c1-2-30-18-25-13-20-12-24(16-25,21-6-4-3-5-7-21)17-26(25,14-20)23(29)28-22-10-8-19(15-27)9-11-22/h3-7,19-20,22H,2,8-18,27H2,1H3,(H,28,29)/t19-,20?,22+,24-,25-,26?/m1/s1. The van der Waals surface area contributed by atoms with Crippen molar-refractivity contribution in [3.63, 3.8) is 0 Å². The van der Waals surface area contributed by atoms with E-state index in [0.29, 0.717) is 23.8 Å². The quantitative estimate of drug-likeness (QED) is 0.709. The summed E-state index contributed by atoms with van der Waals surface area (Å²) in [6.07, 6.45) is 10.0. The van der Waals surface area contributed by atoms with E-state index in [1.54, 1.807) is 0 Å². The number of carbonyl (C=O) groups excluding carboxylic acids is 1. The molecule has 0 heterocycles. The zero-order valence-electron chi connectivity index (χ0n) is 18.5. The highest BCUT2D eigenvalue weighted by atomic mass is 16.5. The molecule has 164 valence electrons. The molecule has 4 nitrogen and oxygen atoms in total. The van der Waals surface area contributed by atoms with Crippen molar-refractivity contribution >= 4 is 5.91 Å². The number of carbonyl (C=O) groups is 1. The van der Waals surface area contributed by atoms with E-state index in [4.69, 9.17) is 10.5 Å². The number of ether oxygens (including phenoxy) is 1. The van der Waals surface area contributed by atoms with Crippen LogP contribution in [0.1, 0.15) is 70.3 Å². The molecule has 0 aromatic heterocycles. The fourth-order valence-corrected chi connectivity index (χ4v) is 8.10. The highest BCUT2D eigenvalue weighted by molar-refractivity contribution is 5.86. The normalized spacial score (nSPS) is 41.9. The first-order valence-electron chi connectivity index (χ1n) is 12.2. The molecule has 5 aliphatic carbocycles. The van der Waals surface area contributed by atoms with E-state index < -0.39 is 0 Å². The second-order valence-electron chi connectivity index (χ2n) is 10.9. The topological polar surface area (TPSA) is 64.3 Å². The van der Waals surface area contributed by atoms with E-state index in [2.05, 4.69) is 42.6 Å². The third-order valence-electron chi connectivity index (χ3n) is 9.25. The Morgan fingerprint density at radius 1 is 1.10 bits per heavy atom. The molecule has 4 bridgehead atoms. The van der Waals surface area contributed by atoms with Crippen LogP contribution in [0.15, 0.2) is 30.3 Å². The maximum absolute atomic E-state index is 14.0. The van der Waals surface area contributed by atoms with Gasteiger partial charge in [-0.25, -0.2) is 0 Å². The highest BCUT2D eigenvalue weighted by Gasteiger charge is 2.74. The summed E-state index contributed by atoms with van der Waals surface area (Å²) in [7, 11) is 0. The van der Waals surface area contributed by atoms with E-state index in [1.165, 1.54) is 12.0 Å². The Morgan fingerprint density at radius 2 is 1.87 bits per heavy atom. The van der Waals surface area contributed by atoms with Gasteiger partial charge in [0.15, 0.2) is 0 Å². The number of hydrogen-bond donors (Lipinski definition) is 2. The number of benzene rings is 1. The van der Waals surface area contributed by atoms with Crippen molar-refractivity contribution in [2.75, 3.05) is 19.8 Å². The van der Waals surface area contributed by atoms with Crippen molar-refractivity contribution in [3.8, 4) is 0 Å². The molecule has 0 radical (unpaired) electrons. The molecule has 1 aromatic carbocycles. The van der Waals surface area contributed by atoms with Crippen LogP contribution in [0.2, 0.25) is 0 Å². The van der Waals surface area contributed by atoms with Gasteiger partial charge in [-0.3, -0.25) is 4.79 Å². The van der Waals surface area contributed by atoms with Crippen LogP contribution in [0.5, 0.6) is 0 Å². The monoisotopic (exact) mass is 410 g/mol. The van der Waals surface area contributed by atoms with Gasteiger partial charge in [-0.05, 0) is 94.1 Å². The molecule has 0 saturated heterocycles. The molecule has 5 fully saturated rings. The lowest BCUT2D eigenvalue weighted by Gasteiger charge is -2.41. The Hall–Kier alpha value is -1.39. The van der Waals surface area contributed by atoms with Crippen LogP contribution in [-0.4, -0.2) is 31.7 Å². The Kier molecular flexibility index (Phi) is 5.22. The summed E-state index contributed by atoms with van der Waals surface area (Å²) in [5.74, 6) is 1.62. The molecule has 2 unspecified atom stereocenters. The highest BCUT2D eigenvalue weighted by Crippen LogP contribution is 2.76. The van der Waals surface area contributed by atoms with Crippen molar-refractivity contribution < 1.29 is 9.53 Å². The minimum absolute atomic E-state index is 0.000310. The summed E-state index contributed by atoms with van der Waals surface area (Å²) in [5, 5.41) is 3.54. The average molecular weight is 411 g/mol. The van der Waals surface area contributed by atoms with E-state index in [9.17, 15) is 4.79 Å². The minimum atomic E-state index is -0.258. The van der Waals surface area contributed by atoms with Crippen molar-refractivity contribution in [1.29, 1.82) is 0 Å². The van der Waals surface area contributed by atoms with Crippen molar-refractivity contribution in [2.45, 2.75) is 76.2 Å². The maximum Gasteiger partial charge on any atom is 0.227 e. The van der Waals surface area contributed by atoms with Gasteiger partial charge >= 0.3 is 0 Å². The molecular formula is C26H38N2O2. The largest absolute Gasteiger partial charge is 0.381 e. The molecule has 1 aromatic rings. The lowest BCUT2D eigenvalue weighted by atomic mass is 9.63. The fourth-order valence-electron chi connectivity index (χ4n) is 8.10.